The highest BCUT2D eigenvalue weighted by atomic mass is 16.5. The van der Waals surface area contributed by atoms with Gasteiger partial charge in [0.1, 0.15) is 5.82 Å². The first-order valence-electron chi connectivity index (χ1n) is 11.9. The van der Waals surface area contributed by atoms with Gasteiger partial charge in [-0.3, -0.25) is 24.9 Å². The van der Waals surface area contributed by atoms with E-state index in [2.05, 4.69) is 32.0 Å². The number of rotatable bonds is 11. The molecule has 0 radical (unpaired) electrons. The number of carbonyl (C=O) groups excluding carboxylic acids is 2. The van der Waals surface area contributed by atoms with Crippen LogP contribution in [0.5, 0.6) is 0 Å². The fourth-order valence-corrected chi connectivity index (χ4v) is 3.89. The largest absolute Gasteiger partial charge is 0.379 e. The predicted molar refractivity (Wildman–Crippen MR) is 135 cm³/mol. The van der Waals surface area contributed by atoms with E-state index < -0.39 is 5.91 Å². The number of hydrogen-bond donors (Lipinski definition) is 4. The Balaban J connectivity index is 1.42. The Morgan fingerprint density at radius 3 is 2.80 bits per heavy atom. The van der Waals surface area contributed by atoms with Crippen LogP contribution >= 0.6 is 0 Å². The summed E-state index contributed by atoms with van der Waals surface area (Å²) in [6, 6.07) is 9.70. The van der Waals surface area contributed by atoms with Gasteiger partial charge < -0.3 is 20.3 Å². The topological polar surface area (TPSA) is 125 Å². The smallest absolute Gasteiger partial charge is 0.288 e. The zero-order valence-electron chi connectivity index (χ0n) is 20.4. The second-order valence-electron chi connectivity index (χ2n) is 8.68. The van der Waals surface area contributed by atoms with Crippen LogP contribution in [0.3, 0.4) is 0 Å². The van der Waals surface area contributed by atoms with Crippen molar-refractivity contribution in [3.8, 4) is 0 Å². The normalized spacial score (nSPS) is 19.3. The first-order valence-corrected chi connectivity index (χ1v) is 11.9. The van der Waals surface area contributed by atoms with Crippen LogP contribution in [-0.4, -0.2) is 97.8 Å². The van der Waals surface area contributed by atoms with Crippen LogP contribution < -0.4 is 16.1 Å². The summed E-state index contributed by atoms with van der Waals surface area (Å²) >= 11 is 0. The van der Waals surface area contributed by atoms with Gasteiger partial charge in [-0.15, -0.1) is 0 Å². The summed E-state index contributed by atoms with van der Waals surface area (Å²) in [4.78, 5) is 31.5. The van der Waals surface area contributed by atoms with Crippen molar-refractivity contribution in [2.24, 2.45) is 4.99 Å². The Labute approximate surface area is 206 Å². The molecule has 2 amide bonds. The summed E-state index contributed by atoms with van der Waals surface area (Å²) in [6.45, 7) is 7.12. The zero-order valence-corrected chi connectivity index (χ0v) is 20.4. The Morgan fingerprint density at radius 1 is 1.34 bits per heavy atom. The molecule has 1 fully saturated rings. The van der Waals surface area contributed by atoms with E-state index in [9.17, 15) is 9.59 Å². The molecule has 2 aliphatic rings. The van der Waals surface area contributed by atoms with Gasteiger partial charge in [0.25, 0.3) is 5.91 Å². The van der Waals surface area contributed by atoms with Gasteiger partial charge in [0, 0.05) is 45.8 Å². The Morgan fingerprint density at radius 2 is 2.09 bits per heavy atom. The molecule has 2 aliphatic heterocycles. The molecule has 0 aromatic heterocycles. The van der Waals surface area contributed by atoms with Crippen molar-refractivity contribution in [1.82, 2.24) is 30.9 Å². The highest BCUT2D eigenvalue weighted by Gasteiger charge is 2.27. The van der Waals surface area contributed by atoms with Crippen LogP contribution in [0.1, 0.15) is 18.9 Å². The van der Waals surface area contributed by atoms with Crippen LogP contribution in [0.15, 0.2) is 47.2 Å². The molecule has 0 bridgehead atoms. The number of ether oxygens (including phenoxy) is 1. The molecular weight excluding hydrogens is 448 g/mol. The summed E-state index contributed by atoms with van der Waals surface area (Å²) in [6.07, 6.45) is 4.83. The van der Waals surface area contributed by atoms with Gasteiger partial charge in [0.2, 0.25) is 12.2 Å². The maximum Gasteiger partial charge on any atom is 0.288 e. The summed E-state index contributed by atoms with van der Waals surface area (Å²) in [5.41, 5.74) is 4.54. The molecule has 11 heteroatoms. The van der Waals surface area contributed by atoms with Crippen LogP contribution in [0.25, 0.3) is 0 Å². The molecule has 35 heavy (non-hydrogen) atoms. The number of amidine groups is 1. The highest BCUT2D eigenvalue weighted by molar-refractivity contribution is 6.37. The Hall–Kier alpha value is -3.28. The monoisotopic (exact) mass is 484 g/mol. The highest BCUT2D eigenvalue weighted by Crippen LogP contribution is 2.16. The standard InChI is InChI=1S/C24H36N8O3/c1-19(28-24(34)23(25)27-17-26-15-20-6-4-3-5-7-20)8-9-32-22(30(2)18-33)14-21(29-32)16-31-10-12-35-13-11-31/h3-7,14,17-19,21,29H,8-13,15-16H2,1-2H3,(H,28,34)(H2,25,26,27). The van der Waals surface area contributed by atoms with E-state index in [1.54, 1.807) is 11.9 Å². The molecule has 1 aromatic rings. The van der Waals surface area contributed by atoms with Crippen LogP contribution in [0.2, 0.25) is 0 Å². The summed E-state index contributed by atoms with van der Waals surface area (Å²) in [5.74, 6) is -0.0993. The molecule has 4 N–H and O–H groups in total. The van der Waals surface area contributed by atoms with E-state index in [-0.39, 0.29) is 17.9 Å². The summed E-state index contributed by atoms with van der Waals surface area (Å²) in [7, 11) is 1.72. The molecule has 3 rings (SSSR count). The number of nitrogens with one attached hydrogen (secondary N) is 4. The van der Waals surface area contributed by atoms with Crippen LogP contribution in [-0.2, 0) is 20.9 Å². The third-order valence-corrected chi connectivity index (χ3v) is 5.84. The summed E-state index contributed by atoms with van der Waals surface area (Å²) in [5, 5.41) is 15.6. The van der Waals surface area contributed by atoms with Crippen molar-refractivity contribution in [3.63, 3.8) is 0 Å². The van der Waals surface area contributed by atoms with Crippen molar-refractivity contribution in [2.45, 2.75) is 32.0 Å². The van der Waals surface area contributed by atoms with E-state index in [1.165, 1.54) is 6.34 Å². The Kier molecular flexibility index (Phi) is 10.2. The van der Waals surface area contributed by atoms with Crippen LogP contribution in [0, 0.1) is 5.41 Å². The second-order valence-corrected chi connectivity index (χ2v) is 8.68. The second kappa shape index (κ2) is 13.6. The lowest BCUT2D eigenvalue weighted by atomic mass is 10.2. The minimum atomic E-state index is -0.532. The van der Waals surface area contributed by atoms with Gasteiger partial charge in [0.15, 0.2) is 0 Å². The predicted octanol–water partition coefficient (Wildman–Crippen LogP) is 0.127. The number of hydrogen-bond acceptors (Lipinski definition) is 7. The average Bonchev–Trinajstić information content (AvgIpc) is 3.28. The molecule has 0 spiro atoms. The van der Waals surface area contributed by atoms with E-state index in [0.29, 0.717) is 19.5 Å². The molecular formula is C24H36N8O3. The average molecular weight is 485 g/mol. The molecule has 2 atom stereocenters. The van der Waals surface area contributed by atoms with Gasteiger partial charge in [-0.1, -0.05) is 30.3 Å². The minimum Gasteiger partial charge on any atom is -0.379 e. The van der Waals surface area contributed by atoms with Crippen molar-refractivity contribution >= 4 is 24.5 Å². The lowest BCUT2D eigenvalue weighted by molar-refractivity contribution is -0.116. The molecule has 1 aromatic carbocycles. The maximum atomic E-state index is 12.3. The molecule has 11 nitrogen and oxygen atoms in total. The number of aliphatic imine (C=N–C) groups is 1. The SMILES string of the molecule is CC(CCN1NC(CN2CCOCC2)C=C1N(C)C=O)NC(=O)C(=N)/N=C\NCc1ccccc1. The first kappa shape index (κ1) is 26.3. The molecule has 2 heterocycles. The van der Waals surface area contributed by atoms with Crippen molar-refractivity contribution in [3.05, 3.63) is 47.8 Å². The van der Waals surface area contributed by atoms with Gasteiger partial charge in [-0.25, -0.2) is 10.4 Å². The molecule has 190 valence electrons. The van der Waals surface area contributed by atoms with Crippen molar-refractivity contribution < 1.29 is 14.3 Å². The van der Waals surface area contributed by atoms with E-state index in [4.69, 9.17) is 10.1 Å². The first-order chi connectivity index (χ1) is 17.0. The summed E-state index contributed by atoms with van der Waals surface area (Å²) < 4.78 is 5.42. The molecule has 0 aliphatic carbocycles. The number of benzene rings is 1. The van der Waals surface area contributed by atoms with E-state index in [0.717, 1.165) is 50.6 Å². The molecule has 1 saturated heterocycles. The van der Waals surface area contributed by atoms with Crippen molar-refractivity contribution in [2.75, 3.05) is 46.4 Å². The number of carbonyl (C=O) groups is 2. The number of amides is 2. The number of hydrazine groups is 1. The van der Waals surface area contributed by atoms with Crippen molar-refractivity contribution in [1.29, 1.82) is 5.41 Å². The fourth-order valence-electron chi connectivity index (χ4n) is 3.89. The lowest BCUT2D eigenvalue weighted by Crippen LogP contribution is -2.48. The van der Waals surface area contributed by atoms with Gasteiger partial charge >= 0.3 is 0 Å². The van der Waals surface area contributed by atoms with Crippen LogP contribution in [0.4, 0.5) is 0 Å². The van der Waals surface area contributed by atoms with Gasteiger partial charge in [-0.2, -0.15) is 0 Å². The Bertz CT molecular complexity index is 901. The number of nitrogens with zero attached hydrogens (tertiary/aromatic N) is 4. The quantitative estimate of drug-likeness (QED) is 0.200. The fraction of sp³-hybridized carbons (Fsp3) is 0.500. The molecule has 2 unspecified atom stereocenters. The lowest BCUT2D eigenvalue weighted by Gasteiger charge is -2.31. The number of morpholine rings is 1. The van der Waals surface area contributed by atoms with E-state index in [1.807, 2.05) is 42.3 Å². The third kappa shape index (κ3) is 8.46. The van der Waals surface area contributed by atoms with E-state index >= 15 is 0 Å². The maximum absolute atomic E-state index is 12.3. The van der Waals surface area contributed by atoms with Gasteiger partial charge in [-0.05, 0) is 25.0 Å². The third-order valence-electron chi connectivity index (χ3n) is 5.84. The zero-order chi connectivity index (χ0) is 25.0. The minimum absolute atomic E-state index is 0.0845. The molecule has 0 saturated carbocycles. The van der Waals surface area contributed by atoms with Gasteiger partial charge in [0.05, 0.1) is 25.6 Å².